The lowest BCUT2D eigenvalue weighted by molar-refractivity contribution is -0.385. The van der Waals surface area contributed by atoms with Crippen molar-refractivity contribution in [1.82, 2.24) is 4.90 Å². The van der Waals surface area contributed by atoms with Crippen LogP contribution in [-0.2, 0) is 0 Å². The predicted octanol–water partition coefficient (Wildman–Crippen LogP) is 2.51. The molecule has 0 aromatic heterocycles. The monoisotopic (exact) mass is 277 g/mol. The van der Waals surface area contributed by atoms with Crippen LogP contribution in [0.1, 0.15) is 30.1 Å². The Morgan fingerprint density at radius 2 is 2.20 bits per heavy atom. The van der Waals surface area contributed by atoms with E-state index in [-0.39, 0.29) is 17.2 Å². The first-order chi connectivity index (χ1) is 9.56. The average Bonchev–Trinajstić information content (AvgIpc) is 3.27. The highest BCUT2D eigenvalue weighted by molar-refractivity contribution is 5.99. The number of nitro benzene ring substituents is 1. The molecule has 20 heavy (non-hydrogen) atoms. The van der Waals surface area contributed by atoms with Gasteiger partial charge in [-0.3, -0.25) is 14.9 Å². The first-order valence-electron chi connectivity index (χ1n) is 6.82. The fourth-order valence-corrected chi connectivity index (χ4v) is 2.16. The zero-order chi connectivity index (χ0) is 14.7. The molecule has 1 saturated carbocycles. The third-order valence-electron chi connectivity index (χ3n) is 3.56. The second-order valence-electron chi connectivity index (χ2n) is 5.03. The molecular weight excluding hydrogens is 258 g/mol. The molecule has 1 N–H and O–H groups in total. The highest BCUT2D eigenvalue weighted by Gasteiger charge is 2.29. The molecule has 0 bridgehead atoms. The lowest BCUT2D eigenvalue weighted by Crippen LogP contribution is -2.33. The van der Waals surface area contributed by atoms with Crippen molar-refractivity contribution in [3.63, 3.8) is 0 Å². The van der Waals surface area contributed by atoms with E-state index in [0.717, 1.165) is 12.8 Å². The van der Waals surface area contributed by atoms with Crippen molar-refractivity contribution in [3.8, 4) is 0 Å². The summed E-state index contributed by atoms with van der Waals surface area (Å²) in [6, 6.07) is 4.53. The summed E-state index contributed by atoms with van der Waals surface area (Å²) < 4.78 is 0. The second-order valence-corrected chi connectivity index (χ2v) is 5.03. The molecule has 1 aliphatic carbocycles. The van der Waals surface area contributed by atoms with Crippen LogP contribution in [0.3, 0.4) is 0 Å². The maximum absolute atomic E-state index is 12.5. The van der Waals surface area contributed by atoms with Gasteiger partial charge in [0.2, 0.25) is 0 Å². The van der Waals surface area contributed by atoms with Gasteiger partial charge in [0.1, 0.15) is 5.56 Å². The van der Waals surface area contributed by atoms with Crippen molar-refractivity contribution in [2.45, 2.75) is 19.8 Å². The number of nitro groups is 1. The lowest BCUT2D eigenvalue weighted by Gasteiger charge is -2.21. The van der Waals surface area contributed by atoms with E-state index in [1.165, 1.54) is 6.07 Å². The molecule has 1 amide bonds. The largest absolute Gasteiger partial charge is 0.388 e. The van der Waals surface area contributed by atoms with Crippen LogP contribution in [-0.4, -0.2) is 35.9 Å². The fraction of sp³-hybridized carbons (Fsp3) is 0.500. The standard InChI is InChI=1S/C14H19N3O3/c1-3-16(9-10-4-5-10)14(18)12-8-11(15-2)6-7-13(12)17(19)20/h6-8,10,15H,3-5,9H2,1-2H3. The van der Waals surface area contributed by atoms with E-state index in [2.05, 4.69) is 5.32 Å². The van der Waals surface area contributed by atoms with Gasteiger partial charge in [-0.25, -0.2) is 0 Å². The normalized spacial score (nSPS) is 13.9. The highest BCUT2D eigenvalue weighted by Crippen LogP contribution is 2.31. The highest BCUT2D eigenvalue weighted by atomic mass is 16.6. The molecule has 0 saturated heterocycles. The molecule has 108 valence electrons. The van der Waals surface area contributed by atoms with Crippen LogP contribution in [0.15, 0.2) is 18.2 Å². The van der Waals surface area contributed by atoms with Crippen molar-refractivity contribution >= 4 is 17.3 Å². The van der Waals surface area contributed by atoms with Crippen molar-refractivity contribution in [1.29, 1.82) is 0 Å². The summed E-state index contributed by atoms with van der Waals surface area (Å²) in [4.78, 5) is 24.8. The number of carbonyl (C=O) groups excluding carboxylic acids is 1. The molecule has 1 aliphatic rings. The van der Waals surface area contributed by atoms with Crippen molar-refractivity contribution in [3.05, 3.63) is 33.9 Å². The van der Waals surface area contributed by atoms with Gasteiger partial charge < -0.3 is 10.2 Å². The first-order valence-corrected chi connectivity index (χ1v) is 6.82. The number of amides is 1. The van der Waals surface area contributed by atoms with Gasteiger partial charge in [0, 0.05) is 31.9 Å². The minimum absolute atomic E-state index is 0.136. The third kappa shape index (κ3) is 3.07. The molecule has 0 heterocycles. The number of nitrogens with zero attached hydrogens (tertiary/aromatic N) is 2. The van der Waals surface area contributed by atoms with Gasteiger partial charge >= 0.3 is 0 Å². The van der Waals surface area contributed by atoms with E-state index in [0.29, 0.717) is 24.7 Å². The van der Waals surface area contributed by atoms with Crippen molar-refractivity contribution in [2.24, 2.45) is 5.92 Å². The number of hydrogen-bond acceptors (Lipinski definition) is 4. The number of benzene rings is 1. The lowest BCUT2D eigenvalue weighted by atomic mass is 10.1. The van der Waals surface area contributed by atoms with E-state index >= 15 is 0 Å². The fourth-order valence-electron chi connectivity index (χ4n) is 2.16. The van der Waals surface area contributed by atoms with E-state index in [4.69, 9.17) is 0 Å². The van der Waals surface area contributed by atoms with Crippen LogP contribution in [0, 0.1) is 16.0 Å². The van der Waals surface area contributed by atoms with Crippen LogP contribution in [0.2, 0.25) is 0 Å². The molecule has 0 spiro atoms. The second kappa shape index (κ2) is 5.90. The summed E-state index contributed by atoms with van der Waals surface area (Å²) >= 11 is 0. The van der Waals surface area contributed by atoms with Crippen molar-refractivity contribution in [2.75, 3.05) is 25.5 Å². The Morgan fingerprint density at radius 3 is 2.70 bits per heavy atom. The molecule has 0 unspecified atom stereocenters. The molecule has 1 aromatic rings. The van der Waals surface area contributed by atoms with Gasteiger partial charge in [0.15, 0.2) is 0 Å². The summed E-state index contributed by atoms with van der Waals surface area (Å²) in [5, 5.41) is 14.0. The quantitative estimate of drug-likeness (QED) is 0.640. The van der Waals surface area contributed by atoms with Crippen LogP contribution < -0.4 is 5.32 Å². The third-order valence-corrected chi connectivity index (χ3v) is 3.56. The molecule has 0 radical (unpaired) electrons. The first kappa shape index (κ1) is 14.3. The zero-order valence-corrected chi connectivity index (χ0v) is 11.8. The van der Waals surface area contributed by atoms with Gasteiger partial charge in [0.25, 0.3) is 11.6 Å². The smallest absolute Gasteiger partial charge is 0.282 e. The van der Waals surface area contributed by atoms with Crippen LogP contribution in [0.5, 0.6) is 0 Å². The number of carbonyl (C=O) groups is 1. The summed E-state index contributed by atoms with van der Waals surface area (Å²) in [6.45, 7) is 3.15. The number of hydrogen-bond donors (Lipinski definition) is 1. The summed E-state index contributed by atoms with van der Waals surface area (Å²) in [6.07, 6.45) is 2.28. The number of nitrogens with one attached hydrogen (secondary N) is 1. The summed E-state index contributed by atoms with van der Waals surface area (Å²) in [7, 11) is 1.72. The van der Waals surface area contributed by atoms with E-state index < -0.39 is 4.92 Å². The van der Waals surface area contributed by atoms with E-state index in [1.807, 2.05) is 6.92 Å². The summed E-state index contributed by atoms with van der Waals surface area (Å²) in [5.41, 5.74) is 0.717. The Balaban J connectivity index is 2.31. The minimum atomic E-state index is -0.502. The number of rotatable bonds is 6. The maximum atomic E-state index is 12.5. The molecule has 0 atom stereocenters. The van der Waals surface area contributed by atoms with Gasteiger partial charge in [-0.15, -0.1) is 0 Å². The van der Waals surface area contributed by atoms with Crippen molar-refractivity contribution < 1.29 is 9.72 Å². The molecule has 6 nitrogen and oxygen atoms in total. The number of anilines is 1. The predicted molar refractivity (Wildman–Crippen MR) is 76.9 cm³/mol. The Labute approximate surface area is 117 Å². The topological polar surface area (TPSA) is 75.5 Å². The Hall–Kier alpha value is -2.11. The van der Waals surface area contributed by atoms with E-state index in [1.54, 1.807) is 24.1 Å². The molecular formula is C14H19N3O3. The molecule has 6 heteroatoms. The zero-order valence-electron chi connectivity index (χ0n) is 11.8. The SMILES string of the molecule is CCN(CC1CC1)C(=O)c1cc(NC)ccc1[N+](=O)[O-]. The molecule has 1 fully saturated rings. The van der Waals surface area contributed by atoms with Gasteiger partial charge in [-0.05, 0) is 37.8 Å². The average molecular weight is 277 g/mol. The van der Waals surface area contributed by atoms with Crippen LogP contribution in [0.25, 0.3) is 0 Å². The maximum Gasteiger partial charge on any atom is 0.282 e. The molecule has 0 aliphatic heterocycles. The van der Waals surface area contributed by atoms with Crippen LogP contribution >= 0.6 is 0 Å². The Bertz CT molecular complexity index is 526. The summed E-state index contributed by atoms with van der Waals surface area (Å²) in [5.74, 6) is 0.300. The van der Waals surface area contributed by atoms with Gasteiger partial charge in [0.05, 0.1) is 4.92 Å². The Kier molecular flexibility index (Phi) is 4.22. The Morgan fingerprint density at radius 1 is 1.50 bits per heavy atom. The van der Waals surface area contributed by atoms with Gasteiger partial charge in [-0.1, -0.05) is 0 Å². The molecule has 1 aromatic carbocycles. The van der Waals surface area contributed by atoms with E-state index in [9.17, 15) is 14.9 Å². The van der Waals surface area contributed by atoms with Gasteiger partial charge in [-0.2, -0.15) is 0 Å². The molecule has 2 rings (SSSR count). The van der Waals surface area contributed by atoms with Crippen LogP contribution in [0.4, 0.5) is 11.4 Å². The minimum Gasteiger partial charge on any atom is -0.388 e.